The Hall–Kier alpha value is -1.35. The smallest absolute Gasteiger partial charge is 0.239 e. The zero-order valence-corrected chi connectivity index (χ0v) is 12.1. The van der Waals surface area contributed by atoms with Crippen molar-refractivity contribution < 1.29 is 4.79 Å². The fourth-order valence-electron chi connectivity index (χ4n) is 2.69. The quantitative estimate of drug-likeness (QED) is 0.902. The highest BCUT2D eigenvalue weighted by molar-refractivity contribution is 5.81. The van der Waals surface area contributed by atoms with Crippen molar-refractivity contribution >= 4 is 5.91 Å². The largest absolute Gasteiger partial charge is 0.341 e. The summed E-state index contributed by atoms with van der Waals surface area (Å²) in [6.07, 6.45) is 2.29. The molecule has 19 heavy (non-hydrogen) atoms. The molecule has 1 N–H and O–H groups in total. The van der Waals surface area contributed by atoms with Crippen LogP contribution in [0.15, 0.2) is 24.3 Å². The first kappa shape index (κ1) is 14.1. The Balaban J connectivity index is 1.94. The predicted octanol–water partition coefficient (Wildman–Crippen LogP) is 2.66. The van der Waals surface area contributed by atoms with Crippen molar-refractivity contribution in [1.29, 1.82) is 0 Å². The number of carbonyl (C=O) groups is 1. The normalized spacial score (nSPS) is 18.4. The lowest BCUT2D eigenvalue weighted by Crippen LogP contribution is -2.44. The van der Waals surface area contributed by atoms with Gasteiger partial charge in [0, 0.05) is 19.1 Å². The van der Waals surface area contributed by atoms with E-state index in [1.54, 1.807) is 0 Å². The molecule has 3 heteroatoms. The number of hydrogen-bond donors (Lipinski definition) is 1. The Morgan fingerprint density at radius 1 is 1.26 bits per heavy atom. The van der Waals surface area contributed by atoms with Crippen molar-refractivity contribution in [1.82, 2.24) is 10.2 Å². The van der Waals surface area contributed by atoms with E-state index in [4.69, 9.17) is 0 Å². The number of likely N-dealkylation sites (tertiary alicyclic amines) is 1. The van der Waals surface area contributed by atoms with Gasteiger partial charge in [0.15, 0.2) is 0 Å². The Kier molecular flexibility index (Phi) is 4.59. The lowest BCUT2D eigenvalue weighted by atomic mass is 10.0. The van der Waals surface area contributed by atoms with Gasteiger partial charge in [-0.25, -0.2) is 0 Å². The van der Waals surface area contributed by atoms with Crippen LogP contribution >= 0.6 is 0 Å². The van der Waals surface area contributed by atoms with Crippen LogP contribution < -0.4 is 5.32 Å². The predicted molar refractivity (Wildman–Crippen MR) is 78.0 cm³/mol. The van der Waals surface area contributed by atoms with Crippen LogP contribution in [0.25, 0.3) is 0 Å². The standard InChI is InChI=1S/C16H24N2O/c1-12-7-6-8-15(11-12)13(2)17-14(3)16(19)18-9-4-5-10-18/h6-8,11,13-14,17H,4-5,9-10H2,1-3H3/t13-,14?/m0/s1. The van der Waals surface area contributed by atoms with Gasteiger partial charge in [-0.15, -0.1) is 0 Å². The summed E-state index contributed by atoms with van der Waals surface area (Å²) in [5.41, 5.74) is 2.49. The first-order valence-corrected chi connectivity index (χ1v) is 7.19. The van der Waals surface area contributed by atoms with Gasteiger partial charge in [0.1, 0.15) is 0 Å². The number of rotatable bonds is 4. The second-order valence-corrected chi connectivity index (χ2v) is 5.56. The van der Waals surface area contributed by atoms with Crippen molar-refractivity contribution in [3.05, 3.63) is 35.4 Å². The number of amides is 1. The minimum absolute atomic E-state index is 0.117. The molecule has 0 radical (unpaired) electrons. The van der Waals surface area contributed by atoms with Gasteiger partial charge in [-0.05, 0) is 39.2 Å². The number of hydrogen-bond acceptors (Lipinski definition) is 2. The summed E-state index contributed by atoms with van der Waals surface area (Å²) in [4.78, 5) is 14.2. The average Bonchev–Trinajstić information content (AvgIpc) is 2.91. The van der Waals surface area contributed by atoms with Gasteiger partial charge < -0.3 is 4.90 Å². The van der Waals surface area contributed by atoms with E-state index in [0.29, 0.717) is 0 Å². The summed E-state index contributed by atoms with van der Waals surface area (Å²) in [5.74, 6) is 0.233. The third-order valence-corrected chi connectivity index (χ3v) is 3.83. The summed E-state index contributed by atoms with van der Waals surface area (Å²) >= 11 is 0. The van der Waals surface area contributed by atoms with Gasteiger partial charge in [0.25, 0.3) is 0 Å². The van der Waals surface area contributed by atoms with E-state index in [0.717, 1.165) is 25.9 Å². The summed E-state index contributed by atoms with van der Waals surface area (Å²) < 4.78 is 0. The second-order valence-electron chi connectivity index (χ2n) is 5.56. The van der Waals surface area contributed by atoms with Gasteiger partial charge in [-0.1, -0.05) is 29.8 Å². The molecular formula is C16H24N2O. The summed E-state index contributed by atoms with van der Waals surface area (Å²) in [6, 6.07) is 8.52. The van der Waals surface area contributed by atoms with E-state index in [-0.39, 0.29) is 18.0 Å². The number of aryl methyl sites for hydroxylation is 1. The maximum atomic E-state index is 12.2. The molecule has 104 valence electrons. The molecule has 1 amide bonds. The van der Waals surface area contributed by atoms with Crippen molar-refractivity contribution in [3.63, 3.8) is 0 Å². The molecule has 2 atom stereocenters. The highest BCUT2D eigenvalue weighted by atomic mass is 16.2. The van der Waals surface area contributed by atoms with Gasteiger partial charge in [0.2, 0.25) is 5.91 Å². The topological polar surface area (TPSA) is 32.3 Å². The van der Waals surface area contributed by atoms with Crippen LogP contribution in [-0.2, 0) is 4.79 Å². The zero-order chi connectivity index (χ0) is 13.8. The number of benzene rings is 1. The van der Waals surface area contributed by atoms with Gasteiger partial charge in [-0.3, -0.25) is 10.1 Å². The molecule has 0 saturated carbocycles. The van der Waals surface area contributed by atoms with Crippen LogP contribution in [0.4, 0.5) is 0 Å². The van der Waals surface area contributed by atoms with Crippen LogP contribution in [0.2, 0.25) is 0 Å². The van der Waals surface area contributed by atoms with E-state index in [2.05, 4.69) is 43.4 Å². The highest BCUT2D eigenvalue weighted by Gasteiger charge is 2.24. The van der Waals surface area contributed by atoms with E-state index < -0.39 is 0 Å². The lowest BCUT2D eigenvalue weighted by Gasteiger charge is -2.24. The van der Waals surface area contributed by atoms with Crippen molar-refractivity contribution in [2.75, 3.05) is 13.1 Å². The third kappa shape index (κ3) is 3.57. The van der Waals surface area contributed by atoms with Crippen molar-refractivity contribution in [2.24, 2.45) is 0 Å². The monoisotopic (exact) mass is 260 g/mol. The van der Waals surface area contributed by atoms with E-state index in [1.165, 1.54) is 11.1 Å². The third-order valence-electron chi connectivity index (χ3n) is 3.83. The maximum absolute atomic E-state index is 12.2. The fraction of sp³-hybridized carbons (Fsp3) is 0.562. The molecule has 0 spiro atoms. The maximum Gasteiger partial charge on any atom is 0.239 e. The number of nitrogens with one attached hydrogen (secondary N) is 1. The molecule has 1 aliphatic heterocycles. The molecule has 0 aromatic heterocycles. The van der Waals surface area contributed by atoms with Crippen molar-refractivity contribution in [3.8, 4) is 0 Å². The Bertz CT molecular complexity index is 438. The van der Waals surface area contributed by atoms with E-state index >= 15 is 0 Å². The molecular weight excluding hydrogens is 236 g/mol. The SMILES string of the molecule is Cc1cccc([C@H](C)NC(C)C(=O)N2CCCC2)c1. The number of nitrogens with zero attached hydrogens (tertiary/aromatic N) is 1. The van der Waals surface area contributed by atoms with Crippen LogP contribution in [0.5, 0.6) is 0 Å². The Morgan fingerprint density at radius 2 is 1.95 bits per heavy atom. The molecule has 1 unspecified atom stereocenters. The molecule has 3 nitrogen and oxygen atoms in total. The van der Waals surface area contributed by atoms with Crippen LogP contribution in [0, 0.1) is 6.92 Å². The van der Waals surface area contributed by atoms with Gasteiger partial charge >= 0.3 is 0 Å². The molecule has 1 heterocycles. The zero-order valence-electron chi connectivity index (χ0n) is 12.1. The lowest BCUT2D eigenvalue weighted by molar-refractivity contribution is -0.132. The van der Waals surface area contributed by atoms with Gasteiger partial charge in [-0.2, -0.15) is 0 Å². The van der Waals surface area contributed by atoms with Crippen molar-refractivity contribution in [2.45, 2.75) is 45.7 Å². The van der Waals surface area contributed by atoms with E-state index in [1.807, 2.05) is 11.8 Å². The highest BCUT2D eigenvalue weighted by Crippen LogP contribution is 2.16. The minimum Gasteiger partial charge on any atom is -0.341 e. The summed E-state index contributed by atoms with van der Waals surface area (Å²) in [5, 5.41) is 3.41. The summed E-state index contributed by atoms with van der Waals surface area (Å²) in [7, 11) is 0. The van der Waals surface area contributed by atoms with Gasteiger partial charge in [0.05, 0.1) is 6.04 Å². The minimum atomic E-state index is -0.117. The first-order chi connectivity index (χ1) is 9.08. The fourth-order valence-corrected chi connectivity index (χ4v) is 2.69. The van der Waals surface area contributed by atoms with Crippen LogP contribution in [0.3, 0.4) is 0 Å². The average molecular weight is 260 g/mol. The molecule has 1 fully saturated rings. The molecule has 1 aromatic carbocycles. The second kappa shape index (κ2) is 6.20. The molecule has 2 rings (SSSR count). The Labute approximate surface area is 116 Å². The molecule has 1 aliphatic rings. The molecule has 0 bridgehead atoms. The first-order valence-electron chi connectivity index (χ1n) is 7.19. The van der Waals surface area contributed by atoms with E-state index in [9.17, 15) is 4.79 Å². The molecule has 0 aliphatic carbocycles. The summed E-state index contributed by atoms with van der Waals surface area (Å²) in [6.45, 7) is 8.01. The Morgan fingerprint density at radius 3 is 2.58 bits per heavy atom. The van der Waals surface area contributed by atoms with Crippen LogP contribution in [-0.4, -0.2) is 29.9 Å². The molecule has 1 saturated heterocycles. The van der Waals surface area contributed by atoms with Crippen LogP contribution in [0.1, 0.15) is 43.9 Å². The molecule has 1 aromatic rings. The number of carbonyl (C=O) groups excluding carboxylic acids is 1.